The van der Waals surface area contributed by atoms with Gasteiger partial charge in [-0.05, 0) is 0 Å². The van der Waals surface area contributed by atoms with Crippen LogP contribution >= 0.6 is 17.0 Å². The van der Waals surface area contributed by atoms with Crippen LogP contribution in [0.1, 0.15) is 0 Å². The van der Waals surface area contributed by atoms with Crippen molar-refractivity contribution in [3.05, 3.63) is 30.6 Å². The van der Waals surface area contributed by atoms with Gasteiger partial charge in [-0.3, -0.25) is 0 Å². The molecule has 0 unspecified atom stereocenters. The number of halogens is 1. The molecule has 4 heteroatoms. The molecule has 0 radical (unpaired) electrons. The Morgan fingerprint density at radius 2 is 1.90 bits per heavy atom. The van der Waals surface area contributed by atoms with Gasteiger partial charge in [0.05, 0.1) is 0 Å². The summed E-state index contributed by atoms with van der Waals surface area (Å²) in [4.78, 5) is 3.66. The topological polar surface area (TPSA) is 33.1 Å². The van der Waals surface area contributed by atoms with Gasteiger partial charge in [0.15, 0.2) is 0 Å². The first-order valence-electron chi connectivity index (χ1n) is 2.22. The molecule has 0 aliphatic rings. The fourth-order valence-electron chi connectivity index (χ4n) is 0.277. The third-order valence-corrected chi connectivity index (χ3v) is 0.517. The molecule has 0 atom stereocenters. The van der Waals surface area contributed by atoms with Gasteiger partial charge in [0.1, 0.15) is 0 Å². The Labute approximate surface area is 84.2 Å². The van der Waals surface area contributed by atoms with Crippen molar-refractivity contribution >= 4 is 17.0 Å². The quantitative estimate of drug-likeness (QED) is 0.556. The maximum absolute atomic E-state index is 7.00. The normalized spacial score (nSPS) is 5.40. The van der Waals surface area contributed by atoms with E-state index in [0.717, 1.165) is 7.11 Å². The number of hydrogen-bond acceptors (Lipinski definition) is 2. The smallest absolute Gasteiger partial charge is 0.0319 e. The maximum Gasteiger partial charge on any atom is 0.0319 e. The van der Waals surface area contributed by atoms with Crippen molar-refractivity contribution in [3.63, 3.8) is 0 Å². The number of aromatic nitrogens is 1. The van der Waals surface area contributed by atoms with Crippen LogP contribution < -0.4 is 0 Å². The van der Waals surface area contributed by atoms with E-state index in [9.17, 15) is 0 Å². The number of pyridine rings is 1. The summed E-state index contributed by atoms with van der Waals surface area (Å²) in [5.41, 5.74) is 0. The summed E-state index contributed by atoms with van der Waals surface area (Å²) in [6.45, 7) is 0. The zero-order chi connectivity index (χ0) is 6.24. The molecule has 0 saturated carbocycles. The fraction of sp³-hybridized carbons (Fsp3) is 0.167. The Bertz CT molecular complexity index is 89.7. The Morgan fingerprint density at radius 1 is 1.30 bits per heavy atom. The van der Waals surface area contributed by atoms with Crippen molar-refractivity contribution in [2.24, 2.45) is 0 Å². The van der Waals surface area contributed by atoms with Crippen molar-refractivity contribution in [3.8, 4) is 0 Å². The predicted molar refractivity (Wildman–Crippen MR) is 41.5 cm³/mol. The van der Waals surface area contributed by atoms with Gasteiger partial charge in [-0.2, -0.15) is 18.2 Å². The van der Waals surface area contributed by atoms with E-state index in [1.165, 1.54) is 0 Å². The largest absolute Gasteiger partial charge is 0.400 e. The molecule has 1 N–H and O–H groups in total. The average molecular weight is 256 g/mol. The van der Waals surface area contributed by atoms with Crippen LogP contribution in [0, 0.1) is 6.20 Å². The number of aliphatic hydroxyl groups excluding tert-OH is 1. The van der Waals surface area contributed by atoms with Gasteiger partial charge in [-0.1, -0.05) is 12.4 Å². The molecule has 0 spiro atoms. The third kappa shape index (κ3) is 11.1. The average Bonchev–Trinajstić information content (AvgIpc) is 1.96. The van der Waals surface area contributed by atoms with Crippen LogP contribution in [0.25, 0.3) is 0 Å². The van der Waals surface area contributed by atoms with E-state index in [1.807, 2.05) is 12.1 Å². The summed E-state index contributed by atoms with van der Waals surface area (Å²) in [7, 11) is 1.00. The third-order valence-electron chi connectivity index (χ3n) is 0.517. The van der Waals surface area contributed by atoms with Crippen molar-refractivity contribution in [1.82, 2.24) is 4.98 Å². The van der Waals surface area contributed by atoms with Crippen molar-refractivity contribution < 1.29 is 24.6 Å². The molecule has 54 valence electrons. The minimum Gasteiger partial charge on any atom is -0.400 e. The number of aliphatic hydroxyl groups is 1. The van der Waals surface area contributed by atoms with E-state index >= 15 is 0 Å². The summed E-state index contributed by atoms with van der Waals surface area (Å²) in [6, 6.07) is 5.50. The second-order valence-electron chi connectivity index (χ2n) is 0.959. The van der Waals surface area contributed by atoms with Gasteiger partial charge in [0.2, 0.25) is 0 Å². The molecule has 1 heterocycles. The zero-order valence-corrected chi connectivity index (χ0v) is 10.5. The van der Waals surface area contributed by atoms with Gasteiger partial charge in [-0.15, -0.1) is 17.0 Å². The van der Waals surface area contributed by atoms with Gasteiger partial charge in [-0.25, -0.2) is 0 Å². The van der Waals surface area contributed by atoms with Gasteiger partial charge in [0.25, 0.3) is 0 Å². The van der Waals surface area contributed by atoms with Crippen molar-refractivity contribution in [1.29, 1.82) is 0 Å². The SMILES string of the molecule is Br.CO.[Zn].[c-]1ccccn1. The first-order valence-corrected chi connectivity index (χ1v) is 2.22. The molecule has 1 aromatic heterocycles. The molecular formula is C6H9BrNOZn-. The van der Waals surface area contributed by atoms with Crippen LogP contribution in [0.2, 0.25) is 0 Å². The van der Waals surface area contributed by atoms with Crippen molar-refractivity contribution in [2.45, 2.75) is 0 Å². The second-order valence-corrected chi connectivity index (χ2v) is 0.959. The van der Waals surface area contributed by atoms with E-state index in [1.54, 1.807) is 12.3 Å². The summed E-state index contributed by atoms with van der Waals surface area (Å²) in [5, 5.41) is 7.00. The molecule has 2 nitrogen and oxygen atoms in total. The molecule has 1 rings (SSSR count). The maximum atomic E-state index is 7.00. The molecule has 0 fully saturated rings. The molecule has 0 aliphatic carbocycles. The van der Waals surface area contributed by atoms with Crippen molar-refractivity contribution in [2.75, 3.05) is 7.11 Å². The number of rotatable bonds is 0. The first-order chi connectivity index (χ1) is 4.00. The van der Waals surface area contributed by atoms with E-state index in [2.05, 4.69) is 11.2 Å². The molecule has 10 heavy (non-hydrogen) atoms. The zero-order valence-electron chi connectivity index (χ0n) is 5.82. The Kier molecular flexibility index (Phi) is 26.8. The van der Waals surface area contributed by atoms with E-state index in [4.69, 9.17) is 5.11 Å². The molecule has 1 aromatic rings. The van der Waals surface area contributed by atoms with Crippen LogP contribution in [0.15, 0.2) is 24.4 Å². The second kappa shape index (κ2) is 16.1. The summed E-state index contributed by atoms with van der Waals surface area (Å²) in [6.07, 6.45) is 4.34. The minimum atomic E-state index is 0. The number of nitrogens with zero attached hydrogens (tertiary/aromatic N) is 1. The van der Waals surface area contributed by atoms with Gasteiger partial charge in [0, 0.05) is 26.6 Å². The van der Waals surface area contributed by atoms with E-state index in [-0.39, 0.29) is 36.5 Å². The van der Waals surface area contributed by atoms with E-state index < -0.39 is 0 Å². The standard InChI is InChI=1S/C5H4N.CH4O.BrH.Zn/c1-2-4-6-5-3-1;1-2;;/h1-4H;2H,1H3;1H;/q-1;;;. The van der Waals surface area contributed by atoms with Gasteiger partial charge < -0.3 is 10.1 Å². The molecule has 0 amide bonds. The Balaban J connectivity index is -0.000000114. The Morgan fingerprint density at radius 3 is 2.00 bits per heavy atom. The molecule has 0 aromatic carbocycles. The minimum absolute atomic E-state index is 0. The molecule has 0 bridgehead atoms. The fourth-order valence-corrected chi connectivity index (χ4v) is 0.277. The number of hydrogen-bond donors (Lipinski definition) is 1. The molecule has 0 aliphatic heterocycles. The van der Waals surface area contributed by atoms with Crippen LogP contribution in [0.4, 0.5) is 0 Å². The summed E-state index contributed by atoms with van der Waals surface area (Å²) in [5.74, 6) is 0. The van der Waals surface area contributed by atoms with Gasteiger partial charge >= 0.3 is 0 Å². The predicted octanol–water partition coefficient (Wildman–Crippen LogP) is 1.07. The van der Waals surface area contributed by atoms with Crippen LogP contribution in [-0.4, -0.2) is 17.2 Å². The molecular weight excluding hydrogens is 247 g/mol. The van der Waals surface area contributed by atoms with Crippen LogP contribution in [0.3, 0.4) is 0 Å². The van der Waals surface area contributed by atoms with Crippen LogP contribution in [0.5, 0.6) is 0 Å². The molecule has 0 saturated heterocycles. The monoisotopic (exact) mass is 254 g/mol. The van der Waals surface area contributed by atoms with E-state index in [0.29, 0.717) is 0 Å². The Hall–Kier alpha value is 0.213. The summed E-state index contributed by atoms with van der Waals surface area (Å²) < 4.78 is 0. The summed E-state index contributed by atoms with van der Waals surface area (Å²) >= 11 is 0. The van der Waals surface area contributed by atoms with Crippen LogP contribution in [-0.2, 0) is 19.5 Å². The first kappa shape index (κ1) is 16.7.